The number of carbonyl (C=O) groups excluding carboxylic acids is 1. The van der Waals surface area contributed by atoms with Crippen molar-refractivity contribution in [1.29, 1.82) is 0 Å². The molecule has 0 unspecified atom stereocenters. The standard InChI is InChI=1S/C18H23ClN2O/c1-18(2,17(22)21-9-5-3-4-6-10-21)15-12-20-16-11-13(19)7-8-14(15)16/h7-8,11-12,20H,3-6,9-10H2,1-2H3. The first-order valence-electron chi connectivity index (χ1n) is 8.06. The number of aromatic amines is 1. The first kappa shape index (κ1) is 15.4. The highest BCUT2D eigenvalue weighted by Gasteiger charge is 2.35. The van der Waals surface area contributed by atoms with Crippen LogP contribution in [-0.4, -0.2) is 28.9 Å². The van der Waals surface area contributed by atoms with Crippen molar-refractivity contribution >= 4 is 28.4 Å². The fraction of sp³-hybridized carbons (Fsp3) is 0.500. The summed E-state index contributed by atoms with van der Waals surface area (Å²) in [4.78, 5) is 18.4. The second-order valence-electron chi connectivity index (χ2n) is 6.72. The van der Waals surface area contributed by atoms with Gasteiger partial charge in [0, 0.05) is 35.2 Å². The molecule has 0 saturated carbocycles. The maximum absolute atomic E-state index is 13.1. The molecule has 3 nitrogen and oxygen atoms in total. The Morgan fingerprint density at radius 2 is 1.86 bits per heavy atom. The van der Waals surface area contributed by atoms with E-state index in [1.165, 1.54) is 12.8 Å². The van der Waals surface area contributed by atoms with Gasteiger partial charge in [0.25, 0.3) is 0 Å². The topological polar surface area (TPSA) is 36.1 Å². The lowest BCUT2D eigenvalue weighted by Gasteiger charge is -2.31. The van der Waals surface area contributed by atoms with Crippen LogP contribution in [-0.2, 0) is 10.2 Å². The van der Waals surface area contributed by atoms with Gasteiger partial charge < -0.3 is 9.88 Å². The molecule has 1 aliphatic heterocycles. The van der Waals surface area contributed by atoms with Gasteiger partial charge in [0.1, 0.15) is 0 Å². The summed E-state index contributed by atoms with van der Waals surface area (Å²) in [6.45, 7) is 5.82. The number of aromatic nitrogens is 1. The fourth-order valence-electron chi connectivity index (χ4n) is 3.40. The molecular formula is C18H23ClN2O. The van der Waals surface area contributed by atoms with E-state index in [0.717, 1.165) is 42.4 Å². The van der Waals surface area contributed by atoms with Crippen LogP contribution in [0.3, 0.4) is 0 Å². The van der Waals surface area contributed by atoms with Crippen LogP contribution in [0.4, 0.5) is 0 Å². The number of carbonyl (C=O) groups is 1. The number of H-pyrrole nitrogens is 1. The van der Waals surface area contributed by atoms with Gasteiger partial charge >= 0.3 is 0 Å². The van der Waals surface area contributed by atoms with E-state index >= 15 is 0 Å². The molecule has 1 aromatic carbocycles. The summed E-state index contributed by atoms with van der Waals surface area (Å²) in [5, 5.41) is 1.79. The largest absolute Gasteiger partial charge is 0.361 e. The highest BCUT2D eigenvalue weighted by Crippen LogP contribution is 2.33. The molecule has 0 atom stereocenters. The second-order valence-corrected chi connectivity index (χ2v) is 7.16. The van der Waals surface area contributed by atoms with Gasteiger partial charge in [-0.05, 0) is 44.4 Å². The van der Waals surface area contributed by atoms with E-state index in [0.29, 0.717) is 5.02 Å². The third-order valence-electron chi connectivity index (χ3n) is 4.75. The lowest BCUT2D eigenvalue weighted by Crippen LogP contribution is -2.43. The quantitative estimate of drug-likeness (QED) is 0.869. The fourth-order valence-corrected chi connectivity index (χ4v) is 3.57. The van der Waals surface area contributed by atoms with Gasteiger partial charge in [-0.1, -0.05) is 30.5 Å². The molecular weight excluding hydrogens is 296 g/mol. The molecule has 4 heteroatoms. The van der Waals surface area contributed by atoms with Gasteiger partial charge in [-0.3, -0.25) is 4.79 Å². The maximum atomic E-state index is 13.1. The SMILES string of the molecule is CC(C)(C(=O)N1CCCCCC1)c1c[nH]c2cc(Cl)ccc12. The van der Waals surface area contributed by atoms with Crippen molar-refractivity contribution in [2.24, 2.45) is 0 Å². The molecule has 0 bridgehead atoms. The van der Waals surface area contributed by atoms with E-state index in [9.17, 15) is 4.79 Å². The number of fused-ring (bicyclic) bond motifs is 1. The second kappa shape index (κ2) is 5.96. The molecule has 22 heavy (non-hydrogen) atoms. The van der Waals surface area contributed by atoms with Crippen LogP contribution < -0.4 is 0 Å². The van der Waals surface area contributed by atoms with Gasteiger partial charge in [-0.2, -0.15) is 0 Å². The Balaban J connectivity index is 1.94. The Labute approximate surface area is 136 Å². The number of halogens is 1. The lowest BCUT2D eigenvalue weighted by molar-refractivity contribution is -0.136. The molecule has 1 N–H and O–H groups in total. The van der Waals surface area contributed by atoms with E-state index in [-0.39, 0.29) is 5.91 Å². The molecule has 118 valence electrons. The molecule has 1 aliphatic rings. The minimum atomic E-state index is -0.531. The van der Waals surface area contributed by atoms with Gasteiger partial charge in [-0.15, -0.1) is 0 Å². The number of amides is 1. The number of nitrogens with one attached hydrogen (secondary N) is 1. The average Bonchev–Trinajstić information content (AvgIpc) is 2.73. The highest BCUT2D eigenvalue weighted by molar-refractivity contribution is 6.31. The summed E-state index contributed by atoms with van der Waals surface area (Å²) in [5.74, 6) is 0.227. The molecule has 1 fully saturated rings. The molecule has 2 heterocycles. The Morgan fingerprint density at radius 3 is 2.55 bits per heavy atom. The van der Waals surface area contributed by atoms with Crippen molar-refractivity contribution < 1.29 is 4.79 Å². The van der Waals surface area contributed by atoms with Gasteiger partial charge in [0.05, 0.1) is 5.41 Å². The van der Waals surface area contributed by atoms with E-state index in [2.05, 4.69) is 4.98 Å². The Hall–Kier alpha value is -1.48. The highest BCUT2D eigenvalue weighted by atomic mass is 35.5. The predicted octanol–water partition coefficient (Wildman–Crippen LogP) is 4.50. The molecule has 1 aromatic heterocycles. The summed E-state index contributed by atoms with van der Waals surface area (Å²) in [7, 11) is 0. The third-order valence-corrected chi connectivity index (χ3v) is 4.98. The van der Waals surface area contributed by atoms with Gasteiger partial charge in [0.15, 0.2) is 0 Å². The smallest absolute Gasteiger partial charge is 0.232 e. The molecule has 1 saturated heterocycles. The molecule has 0 spiro atoms. The van der Waals surface area contributed by atoms with E-state index in [4.69, 9.17) is 11.6 Å². The molecule has 3 rings (SSSR count). The van der Waals surface area contributed by atoms with Crippen molar-refractivity contribution in [3.05, 3.63) is 35.0 Å². The lowest BCUT2D eigenvalue weighted by atomic mass is 9.83. The number of likely N-dealkylation sites (tertiary alicyclic amines) is 1. The van der Waals surface area contributed by atoms with E-state index < -0.39 is 5.41 Å². The van der Waals surface area contributed by atoms with E-state index in [1.807, 2.05) is 43.1 Å². The summed E-state index contributed by atoms with van der Waals surface area (Å²) in [6.07, 6.45) is 6.65. The monoisotopic (exact) mass is 318 g/mol. The Bertz CT molecular complexity index is 681. The summed E-state index contributed by atoms with van der Waals surface area (Å²) in [5.41, 5.74) is 1.50. The minimum Gasteiger partial charge on any atom is -0.361 e. The normalized spacial score (nSPS) is 16.8. The molecule has 1 amide bonds. The van der Waals surface area contributed by atoms with Crippen LogP contribution in [0, 0.1) is 0 Å². The minimum absolute atomic E-state index is 0.227. The van der Waals surface area contributed by atoms with Crippen LogP contribution in [0.25, 0.3) is 10.9 Å². The van der Waals surface area contributed by atoms with Crippen LogP contribution >= 0.6 is 11.6 Å². The van der Waals surface area contributed by atoms with Crippen molar-refractivity contribution in [3.63, 3.8) is 0 Å². The van der Waals surface area contributed by atoms with Crippen molar-refractivity contribution in [1.82, 2.24) is 9.88 Å². The first-order chi connectivity index (χ1) is 10.5. The average molecular weight is 319 g/mol. The van der Waals surface area contributed by atoms with Crippen molar-refractivity contribution in [2.45, 2.75) is 44.9 Å². The zero-order valence-electron chi connectivity index (χ0n) is 13.3. The number of hydrogen-bond acceptors (Lipinski definition) is 1. The zero-order chi connectivity index (χ0) is 15.7. The maximum Gasteiger partial charge on any atom is 0.232 e. The number of benzene rings is 1. The molecule has 0 aliphatic carbocycles. The Kier molecular flexibility index (Phi) is 4.18. The Morgan fingerprint density at radius 1 is 1.18 bits per heavy atom. The summed E-state index contributed by atoms with van der Waals surface area (Å²) >= 11 is 6.05. The van der Waals surface area contributed by atoms with Gasteiger partial charge in [0.2, 0.25) is 5.91 Å². The first-order valence-corrected chi connectivity index (χ1v) is 8.44. The zero-order valence-corrected chi connectivity index (χ0v) is 14.0. The molecule has 2 aromatic rings. The third kappa shape index (κ3) is 2.74. The summed E-state index contributed by atoms with van der Waals surface area (Å²) < 4.78 is 0. The van der Waals surface area contributed by atoms with Crippen LogP contribution in [0.15, 0.2) is 24.4 Å². The van der Waals surface area contributed by atoms with Crippen LogP contribution in [0.1, 0.15) is 45.1 Å². The van der Waals surface area contributed by atoms with Crippen molar-refractivity contribution in [2.75, 3.05) is 13.1 Å². The van der Waals surface area contributed by atoms with Crippen LogP contribution in [0.2, 0.25) is 5.02 Å². The molecule has 0 radical (unpaired) electrons. The number of nitrogens with zero attached hydrogens (tertiary/aromatic N) is 1. The number of rotatable bonds is 2. The van der Waals surface area contributed by atoms with E-state index in [1.54, 1.807) is 0 Å². The number of hydrogen-bond donors (Lipinski definition) is 1. The van der Waals surface area contributed by atoms with Gasteiger partial charge in [-0.25, -0.2) is 0 Å². The van der Waals surface area contributed by atoms with Crippen molar-refractivity contribution in [3.8, 4) is 0 Å². The predicted molar refractivity (Wildman–Crippen MR) is 91.4 cm³/mol. The van der Waals surface area contributed by atoms with Crippen LogP contribution in [0.5, 0.6) is 0 Å². The summed E-state index contributed by atoms with van der Waals surface area (Å²) in [6, 6.07) is 5.79.